The molecule has 2 amide bonds. The molecule has 3 N–H and O–H groups in total. The summed E-state index contributed by atoms with van der Waals surface area (Å²) in [6.07, 6.45) is -1.08. The lowest BCUT2D eigenvalue weighted by molar-refractivity contribution is -0.147. The highest BCUT2D eigenvalue weighted by atomic mass is 16.5. The summed E-state index contributed by atoms with van der Waals surface area (Å²) in [6, 6.07) is 8.32. The van der Waals surface area contributed by atoms with Gasteiger partial charge in [0.1, 0.15) is 0 Å². The zero-order valence-corrected chi connectivity index (χ0v) is 10.9. The molecule has 0 aliphatic heterocycles. The quantitative estimate of drug-likeness (QED) is 0.699. The fourth-order valence-corrected chi connectivity index (χ4v) is 1.45. The highest BCUT2D eigenvalue weighted by Crippen LogP contribution is 2.03. The molecule has 0 radical (unpaired) electrons. The molecule has 1 aromatic carbocycles. The Morgan fingerprint density at radius 2 is 2.20 bits per heavy atom. The zero-order chi connectivity index (χ0) is 15.0. The summed E-state index contributed by atoms with van der Waals surface area (Å²) in [5.74, 6) is -1.14. The van der Waals surface area contributed by atoms with Gasteiger partial charge in [0.05, 0.1) is 18.2 Å². The number of nitriles is 1. The largest absolute Gasteiger partial charge is 0.479 e. The number of carboxylic acids is 1. The fourth-order valence-electron chi connectivity index (χ4n) is 1.45. The van der Waals surface area contributed by atoms with Gasteiger partial charge in [-0.2, -0.15) is 5.26 Å². The molecule has 0 saturated carbocycles. The van der Waals surface area contributed by atoms with Gasteiger partial charge in [-0.3, -0.25) is 0 Å². The second kappa shape index (κ2) is 7.76. The molecular formula is C13H15N3O4. The predicted octanol–water partition coefficient (Wildman–Crippen LogP) is 0.457. The van der Waals surface area contributed by atoms with Crippen molar-refractivity contribution in [2.75, 3.05) is 13.7 Å². The average molecular weight is 277 g/mol. The predicted molar refractivity (Wildman–Crippen MR) is 69.8 cm³/mol. The number of urea groups is 1. The Morgan fingerprint density at radius 1 is 1.45 bits per heavy atom. The molecule has 20 heavy (non-hydrogen) atoms. The minimum atomic E-state index is -1.14. The van der Waals surface area contributed by atoms with E-state index >= 15 is 0 Å². The summed E-state index contributed by atoms with van der Waals surface area (Å²) in [5, 5.41) is 22.4. The van der Waals surface area contributed by atoms with Crippen molar-refractivity contribution in [3.8, 4) is 6.07 Å². The maximum Gasteiger partial charge on any atom is 0.334 e. The van der Waals surface area contributed by atoms with Gasteiger partial charge in [-0.15, -0.1) is 0 Å². The van der Waals surface area contributed by atoms with E-state index in [-0.39, 0.29) is 13.1 Å². The van der Waals surface area contributed by atoms with E-state index in [2.05, 4.69) is 15.4 Å². The minimum Gasteiger partial charge on any atom is -0.479 e. The SMILES string of the molecule is COC(CNC(=O)NCc1cccc(C#N)c1)C(=O)O. The summed E-state index contributed by atoms with van der Waals surface area (Å²) >= 11 is 0. The lowest BCUT2D eigenvalue weighted by atomic mass is 10.1. The molecule has 0 fully saturated rings. The van der Waals surface area contributed by atoms with E-state index in [1.165, 1.54) is 7.11 Å². The standard InChI is InChI=1S/C13H15N3O4/c1-20-11(12(17)18)8-16-13(19)15-7-10-4-2-3-9(5-10)6-14/h2-5,11H,7-8H2,1H3,(H,17,18)(H2,15,16,19). The highest BCUT2D eigenvalue weighted by molar-refractivity contribution is 5.76. The number of nitrogens with zero attached hydrogens (tertiary/aromatic N) is 1. The van der Waals surface area contributed by atoms with Crippen LogP contribution in [0.3, 0.4) is 0 Å². The van der Waals surface area contributed by atoms with E-state index in [4.69, 9.17) is 10.4 Å². The molecule has 1 rings (SSSR count). The third-order valence-electron chi connectivity index (χ3n) is 2.52. The van der Waals surface area contributed by atoms with Gasteiger partial charge in [0.25, 0.3) is 0 Å². The van der Waals surface area contributed by atoms with E-state index in [1.807, 2.05) is 6.07 Å². The third kappa shape index (κ3) is 4.96. The van der Waals surface area contributed by atoms with Gasteiger partial charge >= 0.3 is 12.0 Å². The highest BCUT2D eigenvalue weighted by Gasteiger charge is 2.16. The molecule has 1 atom stereocenters. The van der Waals surface area contributed by atoms with E-state index in [0.717, 1.165) is 5.56 Å². The van der Waals surface area contributed by atoms with Gasteiger partial charge < -0.3 is 20.5 Å². The summed E-state index contributed by atoms with van der Waals surface area (Å²) in [4.78, 5) is 22.1. The number of rotatable bonds is 6. The van der Waals surface area contributed by atoms with Crippen molar-refractivity contribution in [1.29, 1.82) is 5.26 Å². The molecule has 106 valence electrons. The van der Waals surface area contributed by atoms with Gasteiger partial charge in [-0.1, -0.05) is 12.1 Å². The number of hydrogen-bond donors (Lipinski definition) is 3. The van der Waals surface area contributed by atoms with Crippen molar-refractivity contribution in [1.82, 2.24) is 10.6 Å². The number of aliphatic carboxylic acids is 1. The van der Waals surface area contributed by atoms with Crippen LogP contribution in [-0.2, 0) is 16.1 Å². The molecule has 0 heterocycles. The Hall–Kier alpha value is -2.59. The monoisotopic (exact) mass is 277 g/mol. The van der Waals surface area contributed by atoms with Crippen LogP contribution in [0.1, 0.15) is 11.1 Å². The molecule has 7 heteroatoms. The van der Waals surface area contributed by atoms with Gasteiger partial charge in [0, 0.05) is 13.7 Å². The fraction of sp³-hybridized carbons (Fsp3) is 0.308. The van der Waals surface area contributed by atoms with Gasteiger partial charge in [0.15, 0.2) is 6.10 Å². The first-order chi connectivity index (χ1) is 9.56. The third-order valence-corrected chi connectivity index (χ3v) is 2.52. The molecular weight excluding hydrogens is 262 g/mol. The van der Waals surface area contributed by atoms with Crippen LogP contribution < -0.4 is 10.6 Å². The number of carbonyl (C=O) groups is 2. The van der Waals surface area contributed by atoms with Crippen molar-refractivity contribution in [2.45, 2.75) is 12.6 Å². The number of nitrogens with one attached hydrogen (secondary N) is 2. The van der Waals surface area contributed by atoms with Crippen LogP contribution in [0, 0.1) is 11.3 Å². The number of carboxylic acid groups (broad SMARTS) is 1. The number of benzene rings is 1. The lowest BCUT2D eigenvalue weighted by Crippen LogP contribution is -2.42. The Labute approximate surface area is 116 Å². The lowest BCUT2D eigenvalue weighted by Gasteiger charge is -2.12. The van der Waals surface area contributed by atoms with Gasteiger partial charge in [-0.05, 0) is 17.7 Å². The molecule has 0 saturated heterocycles. The van der Waals surface area contributed by atoms with Crippen LogP contribution in [0.4, 0.5) is 4.79 Å². The summed E-state index contributed by atoms with van der Waals surface area (Å²) in [6.45, 7) is 0.113. The molecule has 1 unspecified atom stereocenters. The Balaban J connectivity index is 2.40. The van der Waals surface area contributed by atoms with Crippen LogP contribution in [-0.4, -0.2) is 36.9 Å². The van der Waals surface area contributed by atoms with Crippen LogP contribution in [0.5, 0.6) is 0 Å². The number of carbonyl (C=O) groups excluding carboxylic acids is 1. The van der Waals surface area contributed by atoms with Crippen LogP contribution in [0.15, 0.2) is 24.3 Å². The smallest absolute Gasteiger partial charge is 0.334 e. The molecule has 1 aromatic rings. The first-order valence-corrected chi connectivity index (χ1v) is 5.83. The zero-order valence-electron chi connectivity index (χ0n) is 10.9. The van der Waals surface area contributed by atoms with Gasteiger partial charge in [-0.25, -0.2) is 9.59 Å². The van der Waals surface area contributed by atoms with E-state index < -0.39 is 18.1 Å². The Kier molecular flexibility index (Phi) is 6.00. The topological polar surface area (TPSA) is 111 Å². The van der Waals surface area contributed by atoms with Crippen molar-refractivity contribution in [3.63, 3.8) is 0 Å². The second-order valence-electron chi connectivity index (χ2n) is 3.94. The number of amides is 2. The maximum atomic E-state index is 11.5. The Morgan fingerprint density at radius 3 is 2.80 bits per heavy atom. The van der Waals surface area contributed by atoms with Crippen LogP contribution in [0.2, 0.25) is 0 Å². The first kappa shape index (κ1) is 15.5. The number of methoxy groups -OCH3 is 1. The summed E-state index contributed by atoms with van der Waals surface area (Å²) in [5.41, 5.74) is 1.29. The second-order valence-corrected chi connectivity index (χ2v) is 3.94. The molecule has 0 bridgehead atoms. The molecule has 0 aliphatic rings. The van der Waals surface area contributed by atoms with Crippen molar-refractivity contribution in [3.05, 3.63) is 35.4 Å². The molecule has 7 nitrogen and oxygen atoms in total. The molecule has 0 aromatic heterocycles. The number of ether oxygens (including phenoxy) is 1. The van der Waals surface area contributed by atoms with Crippen molar-refractivity contribution in [2.24, 2.45) is 0 Å². The van der Waals surface area contributed by atoms with Crippen LogP contribution in [0.25, 0.3) is 0 Å². The van der Waals surface area contributed by atoms with Gasteiger partial charge in [0.2, 0.25) is 0 Å². The number of hydrogen-bond acceptors (Lipinski definition) is 4. The first-order valence-electron chi connectivity index (χ1n) is 5.83. The average Bonchev–Trinajstić information content (AvgIpc) is 2.45. The van der Waals surface area contributed by atoms with Crippen LogP contribution >= 0.6 is 0 Å². The Bertz CT molecular complexity index is 525. The van der Waals surface area contributed by atoms with E-state index in [1.54, 1.807) is 24.3 Å². The maximum absolute atomic E-state index is 11.5. The van der Waals surface area contributed by atoms with E-state index in [0.29, 0.717) is 5.56 Å². The van der Waals surface area contributed by atoms with Crippen molar-refractivity contribution < 1.29 is 19.4 Å². The summed E-state index contributed by atoms with van der Waals surface area (Å²) in [7, 11) is 1.26. The normalized spacial score (nSPS) is 11.2. The molecule has 0 aliphatic carbocycles. The summed E-state index contributed by atoms with van der Waals surface area (Å²) < 4.78 is 4.68. The minimum absolute atomic E-state index is 0.129. The van der Waals surface area contributed by atoms with Crippen molar-refractivity contribution >= 4 is 12.0 Å². The van der Waals surface area contributed by atoms with E-state index in [9.17, 15) is 9.59 Å². The molecule has 0 spiro atoms.